The van der Waals surface area contributed by atoms with Crippen molar-refractivity contribution in [2.45, 2.75) is 50.7 Å². The Morgan fingerprint density at radius 1 is 1.03 bits per heavy atom. The maximum absolute atomic E-state index is 15.6. The van der Waals surface area contributed by atoms with E-state index < -0.39 is 35.4 Å². The van der Waals surface area contributed by atoms with Gasteiger partial charge in [0.15, 0.2) is 0 Å². The number of nitrogens with zero attached hydrogens (tertiary/aromatic N) is 3. The van der Waals surface area contributed by atoms with Gasteiger partial charge >= 0.3 is 0 Å². The van der Waals surface area contributed by atoms with Gasteiger partial charge in [0.25, 0.3) is 5.91 Å². The van der Waals surface area contributed by atoms with Crippen LogP contribution in [0.1, 0.15) is 58.6 Å². The van der Waals surface area contributed by atoms with Crippen LogP contribution in [0.15, 0.2) is 30.3 Å². The Labute approximate surface area is 209 Å². The van der Waals surface area contributed by atoms with Crippen LogP contribution in [0.3, 0.4) is 0 Å². The molecule has 2 saturated heterocycles. The largest absolute Gasteiger partial charge is 0.378 e. The molecule has 2 fully saturated rings. The molecule has 36 heavy (non-hydrogen) atoms. The molecule has 190 valence electrons. The van der Waals surface area contributed by atoms with Crippen molar-refractivity contribution in [3.05, 3.63) is 64.2 Å². The molecule has 2 aromatic carbocycles. The second-order valence-corrected chi connectivity index (χ2v) is 10.1. The van der Waals surface area contributed by atoms with Crippen molar-refractivity contribution in [3.63, 3.8) is 0 Å². The van der Waals surface area contributed by atoms with Gasteiger partial charge in [-0.05, 0) is 62.0 Å². The third-order valence-electron chi connectivity index (χ3n) is 7.62. The number of hydrogen-bond acceptors (Lipinski definition) is 5. The number of fused-ring (bicyclic) bond motifs is 1. The summed E-state index contributed by atoms with van der Waals surface area (Å²) >= 11 is 0. The molecule has 0 radical (unpaired) electrons. The highest BCUT2D eigenvalue weighted by atomic mass is 19.1. The van der Waals surface area contributed by atoms with Gasteiger partial charge in [0.2, 0.25) is 11.8 Å². The first-order valence-corrected chi connectivity index (χ1v) is 12.4. The highest BCUT2D eigenvalue weighted by Gasteiger charge is 2.42. The monoisotopic (exact) mass is 496 g/mol. The van der Waals surface area contributed by atoms with E-state index in [-0.39, 0.29) is 42.0 Å². The van der Waals surface area contributed by atoms with Crippen molar-refractivity contribution in [1.29, 1.82) is 0 Å². The number of anilines is 1. The summed E-state index contributed by atoms with van der Waals surface area (Å²) in [5.74, 6) is -3.19. The van der Waals surface area contributed by atoms with Gasteiger partial charge in [0.05, 0.1) is 12.1 Å². The van der Waals surface area contributed by atoms with Crippen molar-refractivity contribution in [3.8, 4) is 0 Å². The van der Waals surface area contributed by atoms with Crippen molar-refractivity contribution >= 4 is 23.4 Å². The summed E-state index contributed by atoms with van der Waals surface area (Å²) in [5.41, 5.74) is 2.49. The molecular weight excluding hydrogens is 466 g/mol. The second kappa shape index (κ2) is 9.61. The fourth-order valence-corrected chi connectivity index (χ4v) is 5.56. The normalized spacial score (nSPS) is 21.1. The van der Waals surface area contributed by atoms with E-state index in [0.717, 1.165) is 31.4 Å². The van der Waals surface area contributed by atoms with Crippen LogP contribution in [0.25, 0.3) is 0 Å². The number of rotatable bonds is 5. The summed E-state index contributed by atoms with van der Waals surface area (Å²) in [6, 6.07) is 8.64. The zero-order valence-corrected chi connectivity index (χ0v) is 20.5. The Kier molecular flexibility index (Phi) is 6.51. The number of halogens is 2. The minimum Gasteiger partial charge on any atom is -0.378 e. The molecule has 1 N–H and O–H groups in total. The molecule has 3 amide bonds. The maximum atomic E-state index is 15.6. The van der Waals surface area contributed by atoms with Crippen molar-refractivity contribution in [2.75, 3.05) is 32.1 Å². The fourth-order valence-electron chi connectivity index (χ4n) is 5.56. The van der Waals surface area contributed by atoms with Crippen molar-refractivity contribution in [1.82, 2.24) is 15.1 Å². The molecule has 9 heteroatoms. The third-order valence-corrected chi connectivity index (χ3v) is 7.62. The Morgan fingerprint density at radius 3 is 2.36 bits per heavy atom. The minimum atomic E-state index is -0.858. The van der Waals surface area contributed by atoms with Gasteiger partial charge < -0.3 is 9.80 Å². The Hall–Kier alpha value is -3.33. The summed E-state index contributed by atoms with van der Waals surface area (Å²) in [7, 11) is 4.00. The average molecular weight is 497 g/mol. The first kappa shape index (κ1) is 24.4. The van der Waals surface area contributed by atoms with Crippen molar-refractivity contribution in [2.24, 2.45) is 0 Å². The number of imide groups is 1. The number of carbonyl (C=O) groups is 3. The number of likely N-dealkylation sites (tertiary alicyclic amines) is 1. The third kappa shape index (κ3) is 4.48. The SMILES string of the molecule is CN(C)c1ccc(CN2CCC(c3c(F)cc4c(c3F)CN(C3CCC(=O)NC3=O)C4=O)CC2)cc1. The topological polar surface area (TPSA) is 73.0 Å². The summed E-state index contributed by atoms with van der Waals surface area (Å²) in [4.78, 5) is 42.2. The molecule has 1 unspecified atom stereocenters. The number of hydrogen-bond donors (Lipinski definition) is 1. The lowest BCUT2D eigenvalue weighted by atomic mass is 9.86. The van der Waals surface area contributed by atoms with E-state index in [1.54, 1.807) is 0 Å². The molecule has 7 nitrogen and oxygen atoms in total. The van der Waals surface area contributed by atoms with Gasteiger partial charge in [-0.15, -0.1) is 0 Å². The highest BCUT2D eigenvalue weighted by molar-refractivity contribution is 6.05. The lowest BCUT2D eigenvalue weighted by Crippen LogP contribution is -2.52. The van der Waals surface area contributed by atoms with E-state index >= 15 is 8.78 Å². The summed E-state index contributed by atoms with van der Waals surface area (Å²) < 4.78 is 30.8. The van der Waals surface area contributed by atoms with E-state index in [2.05, 4.69) is 34.5 Å². The van der Waals surface area contributed by atoms with E-state index in [0.29, 0.717) is 12.8 Å². The predicted molar refractivity (Wildman–Crippen MR) is 130 cm³/mol. The van der Waals surface area contributed by atoms with Crippen molar-refractivity contribution < 1.29 is 23.2 Å². The molecule has 0 bridgehead atoms. The van der Waals surface area contributed by atoms with Gasteiger partial charge in [0.1, 0.15) is 17.7 Å². The molecule has 0 aromatic heterocycles. The van der Waals surface area contributed by atoms with E-state index in [9.17, 15) is 14.4 Å². The smallest absolute Gasteiger partial charge is 0.255 e. The molecule has 3 heterocycles. The molecule has 5 rings (SSSR count). The maximum Gasteiger partial charge on any atom is 0.255 e. The van der Waals surface area contributed by atoms with Crippen LogP contribution < -0.4 is 10.2 Å². The number of benzene rings is 2. The van der Waals surface area contributed by atoms with Gasteiger partial charge in [-0.3, -0.25) is 24.6 Å². The number of piperidine rings is 2. The molecule has 1 atom stereocenters. The molecule has 0 spiro atoms. The number of carbonyl (C=O) groups excluding carboxylic acids is 3. The lowest BCUT2D eigenvalue weighted by Gasteiger charge is -2.32. The second-order valence-electron chi connectivity index (χ2n) is 10.1. The van der Waals surface area contributed by atoms with E-state index in [1.807, 2.05) is 19.0 Å². The zero-order chi connectivity index (χ0) is 25.6. The van der Waals surface area contributed by atoms with Crippen LogP contribution in [0.5, 0.6) is 0 Å². The van der Waals surface area contributed by atoms with Gasteiger partial charge in [-0.1, -0.05) is 12.1 Å². The minimum absolute atomic E-state index is 0.0305. The van der Waals surface area contributed by atoms with Crippen LogP contribution >= 0.6 is 0 Å². The molecule has 0 saturated carbocycles. The predicted octanol–water partition coefficient (Wildman–Crippen LogP) is 3.17. The number of nitrogens with one attached hydrogen (secondary N) is 1. The van der Waals surface area contributed by atoms with Gasteiger partial charge in [-0.2, -0.15) is 0 Å². The molecule has 0 aliphatic carbocycles. The van der Waals surface area contributed by atoms with Gasteiger partial charge in [-0.25, -0.2) is 8.78 Å². The Bertz CT molecular complexity index is 1210. The van der Waals surface area contributed by atoms with Crippen LogP contribution in [-0.4, -0.2) is 60.7 Å². The lowest BCUT2D eigenvalue weighted by molar-refractivity contribution is -0.136. The number of amides is 3. The average Bonchev–Trinajstić information content (AvgIpc) is 3.17. The standard InChI is InChI=1S/C27H30F2N4O3/c1-31(2)18-5-3-16(4-6-18)14-32-11-9-17(10-12-32)24-21(28)13-19-20(25(24)29)15-33(27(19)36)22-7-8-23(34)30-26(22)35/h3-6,13,17,22H,7-12,14-15H2,1-2H3,(H,30,34,35). The molecule has 3 aliphatic heterocycles. The van der Waals surface area contributed by atoms with Crippen LogP contribution in [0.4, 0.5) is 14.5 Å². The molecule has 2 aromatic rings. The summed E-state index contributed by atoms with van der Waals surface area (Å²) in [6.45, 7) is 2.13. The Balaban J connectivity index is 1.28. The highest BCUT2D eigenvalue weighted by Crippen LogP contribution is 2.38. The molecular formula is C27H30F2N4O3. The first-order chi connectivity index (χ1) is 17.2. The Morgan fingerprint density at radius 2 is 1.72 bits per heavy atom. The van der Waals surface area contributed by atoms with E-state index in [4.69, 9.17) is 0 Å². The van der Waals surface area contributed by atoms with Crippen LogP contribution in [0.2, 0.25) is 0 Å². The summed E-state index contributed by atoms with van der Waals surface area (Å²) in [5, 5.41) is 2.23. The fraction of sp³-hybridized carbons (Fsp3) is 0.444. The van der Waals surface area contributed by atoms with E-state index in [1.165, 1.54) is 10.5 Å². The summed E-state index contributed by atoms with van der Waals surface area (Å²) in [6.07, 6.45) is 1.52. The molecule has 3 aliphatic rings. The first-order valence-electron chi connectivity index (χ1n) is 12.4. The van der Waals surface area contributed by atoms with Gasteiger partial charge in [0, 0.05) is 43.9 Å². The zero-order valence-electron chi connectivity index (χ0n) is 20.5. The van der Waals surface area contributed by atoms with Crippen LogP contribution in [0, 0.1) is 11.6 Å². The quantitative estimate of drug-likeness (QED) is 0.644. The van der Waals surface area contributed by atoms with Crippen LogP contribution in [-0.2, 0) is 22.7 Å².